The van der Waals surface area contributed by atoms with Gasteiger partial charge in [0.15, 0.2) is 5.76 Å². The number of piperazine rings is 1. The molecule has 1 aromatic rings. The van der Waals surface area contributed by atoms with Crippen LogP contribution in [0.15, 0.2) is 22.8 Å². The molecule has 0 bridgehead atoms. The maximum Gasteiger partial charge on any atom is 0.289 e. The van der Waals surface area contributed by atoms with Crippen LogP contribution < -0.4 is 0 Å². The Morgan fingerprint density at radius 1 is 1.19 bits per heavy atom. The average molecular weight is 387 g/mol. The van der Waals surface area contributed by atoms with Crippen LogP contribution in [-0.4, -0.2) is 93.6 Å². The summed E-state index contributed by atoms with van der Waals surface area (Å²) < 4.78 is 34.8. The molecule has 1 aliphatic heterocycles. The second kappa shape index (κ2) is 9.15. The van der Waals surface area contributed by atoms with Crippen LogP contribution in [0.4, 0.5) is 0 Å². The molecule has 146 valence electrons. The topological polar surface area (TPSA) is 100 Å². The largest absolute Gasteiger partial charge is 0.459 e. The van der Waals surface area contributed by atoms with Gasteiger partial charge in [0.05, 0.1) is 19.1 Å². The van der Waals surface area contributed by atoms with Crippen molar-refractivity contribution in [3.63, 3.8) is 0 Å². The molecule has 0 spiro atoms. The molecule has 0 N–H and O–H groups in total. The van der Waals surface area contributed by atoms with Crippen LogP contribution in [0.1, 0.15) is 17.0 Å². The molecule has 2 heterocycles. The third-order valence-electron chi connectivity index (χ3n) is 4.24. The van der Waals surface area contributed by atoms with Gasteiger partial charge >= 0.3 is 0 Å². The number of amides is 2. The van der Waals surface area contributed by atoms with Crippen molar-refractivity contribution in [1.82, 2.24) is 14.1 Å². The fraction of sp³-hybridized carbons (Fsp3) is 0.625. The number of furan rings is 1. The molecule has 0 radical (unpaired) electrons. The van der Waals surface area contributed by atoms with Crippen LogP contribution in [0.2, 0.25) is 0 Å². The number of sulfonamides is 1. The molecule has 9 nitrogen and oxygen atoms in total. The summed E-state index contributed by atoms with van der Waals surface area (Å²) in [6.45, 7) is 2.29. The summed E-state index contributed by atoms with van der Waals surface area (Å²) in [6, 6.07) is 3.27. The monoisotopic (exact) mass is 387 g/mol. The Balaban J connectivity index is 1.81. The Labute approximate surface area is 153 Å². The van der Waals surface area contributed by atoms with E-state index in [2.05, 4.69) is 0 Å². The Morgan fingerprint density at radius 2 is 1.85 bits per heavy atom. The fourth-order valence-corrected chi connectivity index (χ4v) is 3.56. The predicted octanol–water partition coefficient (Wildman–Crippen LogP) is -0.138. The molecular weight excluding hydrogens is 362 g/mol. The molecule has 0 unspecified atom stereocenters. The van der Waals surface area contributed by atoms with Crippen LogP contribution >= 0.6 is 0 Å². The van der Waals surface area contributed by atoms with Gasteiger partial charge in [0.2, 0.25) is 15.9 Å². The Kier molecular flexibility index (Phi) is 7.18. The molecule has 1 aromatic heterocycles. The van der Waals surface area contributed by atoms with Gasteiger partial charge in [-0.2, -0.15) is 4.31 Å². The molecule has 2 amide bonds. The summed E-state index contributed by atoms with van der Waals surface area (Å²) in [7, 11) is -1.89. The van der Waals surface area contributed by atoms with Gasteiger partial charge in [0, 0.05) is 52.8 Å². The van der Waals surface area contributed by atoms with Crippen molar-refractivity contribution in [1.29, 1.82) is 0 Å². The van der Waals surface area contributed by atoms with Crippen molar-refractivity contribution in [2.75, 3.05) is 59.2 Å². The van der Waals surface area contributed by atoms with Crippen molar-refractivity contribution in [3.8, 4) is 0 Å². The van der Waals surface area contributed by atoms with E-state index in [1.54, 1.807) is 21.9 Å². The SMILES string of the molecule is COCCN(CCC(=O)N1CCN(C(=O)c2ccco2)CC1)S(C)(=O)=O. The minimum absolute atomic E-state index is 0.100. The molecule has 26 heavy (non-hydrogen) atoms. The number of ether oxygens (including phenoxy) is 1. The van der Waals surface area contributed by atoms with E-state index in [0.717, 1.165) is 6.26 Å². The number of carbonyl (C=O) groups excluding carboxylic acids is 2. The normalized spacial score (nSPS) is 15.5. The maximum absolute atomic E-state index is 12.4. The lowest BCUT2D eigenvalue weighted by molar-refractivity contribution is -0.132. The van der Waals surface area contributed by atoms with E-state index in [4.69, 9.17) is 9.15 Å². The summed E-state index contributed by atoms with van der Waals surface area (Å²) in [4.78, 5) is 27.9. The molecular formula is C16H25N3O6S. The number of nitrogens with zero attached hydrogens (tertiary/aromatic N) is 3. The van der Waals surface area contributed by atoms with Gasteiger partial charge in [-0.1, -0.05) is 0 Å². The highest BCUT2D eigenvalue weighted by molar-refractivity contribution is 7.88. The zero-order chi connectivity index (χ0) is 19.2. The lowest BCUT2D eigenvalue weighted by Crippen LogP contribution is -2.51. The Morgan fingerprint density at radius 3 is 2.38 bits per heavy atom. The molecule has 2 rings (SSSR count). The lowest BCUT2D eigenvalue weighted by atomic mass is 10.2. The summed E-state index contributed by atoms with van der Waals surface area (Å²) in [6.07, 6.45) is 2.67. The van der Waals surface area contributed by atoms with Gasteiger partial charge < -0.3 is 19.0 Å². The third kappa shape index (κ3) is 5.55. The van der Waals surface area contributed by atoms with Crippen LogP contribution in [0.5, 0.6) is 0 Å². The van der Waals surface area contributed by atoms with Crippen molar-refractivity contribution in [2.24, 2.45) is 0 Å². The molecule has 0 aliphatic carbocycles. The predicted molar refractivity (Wildman–Crippen MR) is 94.1 cm³/mol. The van der Waals surface area contributed by atoms with E-state index in [1.807, 2.05) is 0 Å². The molecule has 1 saturated heterocycles. The lowest BCUT2D eigenvalue weighted by Gasteiger charge is -2.34. The van der Waals surface area contributed by atoms with Gasteiger partial charge in [0.1, 0.15) is 0 Å². The third-order valence-corrected chi connectivity index (χ3v) is 5.54. The highest BCUT2D eigenvalue weighted by Gasteiger charge is 2.26. The van der Waals surface area contributed by atoms with Crippen molar-refractivity contribution in [3.05, 3.63) is 24.2 Å². The van der Waals surface area contributed by atoms with E-state index in [-0.39, 0.29) is 43.7 Å². The van der Waals surface area contributed by atoms with Gasteiger partial charge in [-0.15, -0.1) is 0 Å². The van der Waals surface area contributed by atoms with Gasteiger partial charge in [-0.05, 0) is 12.1 Å². The summed E-state index contributed by atoms with van der Waals surface area (Å²) in [5.41, 5.74) is 0. The van der Waals surface area contributed by atoms with Gasteiger partial charge in [-0.25, -0.2) is 8.42 Å². The first-order valence-corrected chi connectivity index (χ1v) is 10.2. The molecule has 10 heteroatoms. The molecule has 0 saturated carbocycles. The van der Waals surface area contributed by atoms with E-state index in [1.165, 1.54) is 17.7 Å². The summed E-state index contributed by atoms with van der Waals surface area (Å²) in [5, 5.41) is 0. The van der Waals surface area contributed by atoms with E-state index < -0.39 is 10.0 Å². The van der Waals surface area contributed by atoms with Crippen molar-refractivity contribution < 1.29 is 27.2 Å². The quantitative estimate of drug-likeness (QED) is 0.616. The molecule has 1 fully saturated rings. The molecule has 1 aliphatic rings. The minimum atomic E-state index is -3.39. The first-order valence-electron chi connectivity index (χ1n) is 8.37. The van der Waals surface area contributed by atoms with E-state index >= 15 is 0 Å². The average Bonchev–Trinajstić information content (AvgIpc) is 3.14. The maximum atomic E-state index is 12.4. The number of rotatable bonds is 8. The second-order valence-electron chi connectivity index (χ2n) is 6.06. The van der Waals surface area contributed by atoms with E-state index in [9.17, 15) is 18.0 Å². The van der Waals surface area contributed by atoms with E-state index in [0.29, 0.717) is 26.2 Å². The van der Waals surface area contributed by atoms with Crippen molar-refractivity contribution >= 4 is 21.8 Å². The number of hydrogen-bond donors (Lipinski definition) is 0. The number of methoxy groups -OCH3 is 1. The van der Waals surface area contributed by atoms with Crippen LogP contribution in [0.25, 0.3) is 0 Å². The van der Waals surface area contributed by atoms with Crippen LogP contribution in [-0.2, 0) is 19.6 Å². The first kappa shape index (κ1) is 20.4. The van der Waals surface area contributed by atoms with Crippen LogP contribution in [0, 0.1) is 0 Å². The zero-order valence-electron chi connectivity index (χ0n) is 15.1. The molecule has 0 atom stereocenters. The van der Waals surface area contributed by atoms with Crippen molar-refractivity contribution in [2.45, 2.75) is 6.42 Å². The fourth-order valence-electron chi connectivity index (χ4n) is 2.73. The minimum Gasteiger partial charge on any atom is -0.459 e. The number of hydrogen-bond acceptors (Lipinski definition) is 6. The van der Waals surface area contributed by atoms with Gasteiger partial charge in [0.25, 0.3) is 5.91 Å². The molecule has 0 aromatic carbocycles. The first-order chi connectivity index (χ1) is 12.3. The Bertz CT molecular complexity index is 696. The zero-order valence-corrected chi connectivity index (χ0v) is 15.9. The Hall–Kier alpha value is -1.91. The highest BCUT2D eigenvalue weighted by Crippen LogP contribution is 2.11. The number of carbonyl (C=O) groups is 2. The second-order valence-corrected chi connectivity index (χ2v) is 8.04. The summed E-state index contributed by atoms with van der Waals surface area (Å²) >= 11 is 0. The van der Waals surface area contributed by atoms with Crippen LogP contribution in [0.3, 0.4) is 0 Å². The highest BCUT2D eigenvalue weighted by atomic mass is 32.2. The van der Waals surface area contributed by atoms with Gasteiger partial charge in [-0.3, -0.25) is 9.59 Å². The standard InChI is InChI=1S/C16H25N3O6S/c1-24-13-11-19(26(2,22)23)6-5-15(20)17-7-9-18(10-8-17)16(21)14-4-3-12-25-14/h3-4,12H,5-11,13H2,1-2H3. The summed E-state index contributed by atoms with van der Waals surface area (Å²) in [5.74, 6) is -0.0298. The smallest absolute Gasteiger partial charge is 0.289 e.